The van der Waals surface area contributed by atoms with Crippen LogP contribution in [0.5, 0.6) is 0 Å². The molecule has 4 nitrogen and oxygen atoms in total. The SMILES string of the molecule is Cc1nn(C)cc1CN1CCNCC1c1cccc(F)c1.Cl. The van der Waals surface area contributed by atoms with Crippen molar-refractivity contribution < 1.29 is 4.39 Å². The lowest BCUT2D eigenvalue weighted by Gasteiger charge is -2.36. The number of piperazine rings is 1. The lowest BCUT2D eigenvalue weighted by Crippen LogP contribution is -2.45. The average molecular weight is 325 g/mol. The zero-order valence-corrected chi connectivity index (χ0v) is 13.7. The molecule has 2 heterocycles. The first kappa shape index (κ1) is 16.9. The van der Waals surface area contributed by atoms with Crippen LogP contribution in [0.4, 0.5) is 4.39 Å². The van der Waals surface area contributed by atoms with E-state index in [2.05, 4.69) is 21.5 Å². The number of nitrogens with zero attached hydrogens (tertiary/aromatic N) is 3. The van der Waals surface area contributed by atoms with Crippen LogP contribution in [0.25, 0.3) is 0 Å². The normalized spacial score (nSPS) is 19.0. The highest BCUT2D eigenvalue weighted by molar-refractivity contribution is 5.85. The van der Waals surface area contributed by atoms with Gasteiger partial charge in [0.15, 0.2) is 0 Å². The minimum atomic E-state index is -0.171. The number of aromatic nitrogens is 2. The highest BCUT2D eigenvalue weighted by Crippen LogP contribution is 2.25. The minimum absolute atomic E-state index is 0. The summed E-state index contributed by atoms with van der Waals surface area (Å²) in [6.45, 7) is 5.65. The van der Waals surface area contributed by atoms with Crippen LogP contribution in [0.15, 0.2) is 30.5 Å². The molecule has 1 unspecified atom stereocenters. The number of hydrogen-bond donors (Lipinski definition) is 1. The third-order valence-electron chi connectivity index (χ3n) is 4.08. The molecule has 1 fully saturated rings. The fraction of sp³-hybridized carbons (Fsp3) is 0.438. The van der Waals surface area contributed by atoms with Crippen molar-refractivity contribution in [3.8, 4) is 0 Å². The summed E-state index contributed by atoms with van der Waals surface area (Å²) >= 11 is 0. The molecule has 0 radical (unpaired) electrons. The van der Waals surface area contributed by atoms with E-state index >= 15 is 0 Å². The molecule has 2 aromatic rings. The molecule has 0 saturated carbocycles. The monoisotopic (exact) mass is 324 g/mol. The second-order valence-corrected chi connectivity index (χ2v) is 5.66. The van der Waals surface area contributed by atoms with Gasteiger partial charge in [0.05, 0.1) is 5.69 Å². The molecule has 3 rings (SSSR count). The largest absolute Gasteiger partial charge is 0.314 e. The molecule has 1 aromatic carbocycles. The van der Waals surface area contributed by atoms with Crippen molar-refractivity contribution in [3.63, 3.8) is 0 Å². The Hall–Kier alpha value is -1.43. The Labute approximate surface area is 136 Å². The van der Waals surface area contributed by atoms with Crippen LogP contribution in [-0.4, -0.2) is 34.3 Å². The maximum atomic E-state index is 13.5. The molecule has 0 amide bonds. The first-order valence-electron chi connectivity index (χ1n) is 7.33. The smallest absolute Gasteiger partial charge is 0.123 e. The number of rotatable bonds is 3. The molecule has 6 heteroatoms. The van der Waals surface area contributed by atoms with Gasteiger partial charge >= 0.3 is 0 Å². The van der Waals surface area contributed by atoms with Crippen molar-refractivity contribution in [2.75, 3.05) is 19.6 Å². The van der Waals surface area contributed by atoms with Gasteiger partial charge in [0.1, 0.15) is 5.82 Å². The molecular weight excluding hydrogens is 303 g/mol. The van der Waals surface area contributed by atoms with E-state index in [0.717, 1.165) is 37.4 Å². The lowest BCUT2D eigenvalue weighted by molar-refractivity contribution is 0.153. The Morgan fingerprint density at radius 3 is 2.91 bits per heavy atom. The highest BCUT2D eigenvalue weighted by Gasteiger charge is 2.24. The van der Waals surface area contributed by atoms with Gasteiger partial charge in [-0.15, -0.1) is 12.4 Å². The Morgan fingerprint density at radius 2 is 2.23 bits per heavy atom. The van der Waals surface area contributed by atoms with E-state index in [1.807, 2.05) is 24.7 Å². The maximum Gasteiger partial charge on any atom is 0.123 e. The van der Waals surface area contributed by atoms with Gasteiger partial charge in [0.2, 0.25) is 0 Å². The summed E-state index contributed by atoms with van der Waals surface area (Å²) in [4.78, 5) is 2.40. The van der Waals surface area contributed by atoms with Crippen LogP contribution < -0.4 is 5.32 Å². The van der Waals surface area contributed by atoms with Crippen LogP contribution in [-0.2, 0) is 13.6 Å². The fourth-order valence-corrected chi connectivity index (χ4v) is 3.00. The van der Waals surface area contributed by atoms with E-state index in [1.54, 1.807) is 12.1 Å². The molecule has 1 aliphatic rings. The summed E-state index contributed by atoms with van der Waals surface area (Å²) < 4.78 is 15.3. The molecule has 1 atom stereocenters. The van der Waals surface area contributed by atoms with E-state index in [1.165, 1.54) is 11.6 Å². The molecule has 1 saturated heterocycles. The summed E-state index contributed by atoms with van der Waals surface area (Å²) in [5.74, 6) is -0.171. The number of nitrogens with one attached hydrogen (secondary N) is 1. The first-order chi connectivity index (χ1) is 10.1. The van der Waals surface area contributed by atoms with Crippen molar-refractivity contribution in [2.45, 2.75) is 19.5 Å². The Balaban J connectivity index is 0.00000176. The Kier molecular flexibility index (Phi) is 5.56. The standard InChI is InChI=1S/C16H21FN4.ClH/c1-12-14(10-20(2)19-12)11-21-7-6-18-9-16(21)13-4-3-5-15(17)8-13;/h3-5,8,10,16,18H,6-7,9,11H2,1-2H3;1H. The van der Waals surface area contributed by atoms with Crippen molar-refractivity contribution in [2.24, 2.45) is 7.05 Å². The quantitative estimate of drug-likeness (QED) is 0.941. The molecule has 0 spiro atoms. The van der Waals surface area contributed by atoms with Gasteiger partial charge in [-0.05, 0) is 24.6 Å². The maximum absolute atomic E-state index is 13.5. The topological polar surface area (TPSA) is 33.1 Å². The molecule has 0 aliphatic carbocycles. The predicted molar refractivity (Wildman–Crippen MR) is 87.6 cm³/mol. The van der Waals surface area contributed by atoms with Crippen LogP contribution >= 0.6 is 12.4 Å². The van der Waals surface area contributed by atoms with E-state index in [9.17, 15) is 4.39 Å². The number of benzene rings is 1. The van der Waals surface area contributed by atoms with Gasteiger partial charge in [-0.1, -0.05) is 12.1 Å². The Bertz CT molecular complexity index is 628. The molecule has 1 aliphatic heterocycles. The zero-order valence-electron chi connectivity index (χ0n) is 12.9. The zero-order chi connectivity index (χ0) is 14.8. The molecular formula is C16H22ClFN4. The van der Waals surface area contributed by atoms with Crippen LogP contribution in [0.3, 0.4) is 0 Å². The third-order valence-corrected chi connectivity index (χ3v) is 4.08. The number of halogens is 2. The second kappa shape index (κ2) is 7.22. The van der Waals surface area contributed by atoms with Crippen molar-refractivity contribution >= 4 is 12.4 Å². The molecule has 1 N–H and O–H groups in total. The summed E-state index contributed by atoms with van der Waals surface area (Å²) in [5, 5.41) is 7.81. The lowest BCUT2D eigenvalue weighted by atomic mass is 10.0. The molecule has 22 heavy (non-hydrogen) atoms. The van der Waals surface area contributed by atoms with Gasteiger partial charge in [0.25, 0.3) is 0 Å². The van der Waals surface area contributed by atoms with Crippen LogP contribution in [0.2, 0.25) is 0 Å². The van der Waals surface area contributed by atoms with Gasteiger partial charge < -0.3 is 5.32 Å². The summed E-state index contributed by atoms with van der Waals surface area (Å²) in [6, 6.07) is 7.13. The third kappa shape index (κ3) is 3.66. The summed E-state index contributed by atoms with van der Waals surface area (Å²) in [6.07, 6.45) is 2.07. The van der Waals surface area contributed by atoms with E-state index in [0.29, 0.717) is 0 Å². The van der Waals surface area contributed by atoms with Crippen LogP contribution in [0.1, 0.15) is 22.9 Å². The van der Waals surface area contributed by atoms with Crippen molar-refractivity contribution in [3.05, 3.63) is 53.1 Å². The van der Waals surface area contributed by atoms with E-state index in [4.69, 9.17) is 0 Å². The van der Waals surface area contributed by atoms with E-state index in [-0.39, 0.29) is 24.3 Å². The van der Waals surface area contributed by atoms with E-state index < -0.39 is 0 Å². The second-order valence-electron chi connectivity index (χ2n) is 5.66. The number of hydrogen-bond acceptors (Lipinski definition) is 3. The summed E-state index contributed by atoms with van der Waals surface area (Å²) in [7, 11) is 1.94. The van der Waals surface area contributed by atoms with Crippen molar-refractivity contribution in [1.82, 2.24) is 20.0 Å². The molecule has 120 valence electrons. The molecule has 1 aromatic heterocycles. The Morgan fingerprint density at radius 1 is 1.41 bits per heavy atom. The van der Waals surface area contributed by atoms with Gasteiger partial charge in [-0.25, -0.2) is 4.39 Å². The fourth-order valence-electron chi connectivity index (χ4n) is 3.00. The summed E-state index contributed by atoms with van der Waals surface area (Å²) in [5.41, 5.74) is 3.33. The molecule has 0 bridgehead atoms. The van der Waals surface area contributed by atoms with Gasteiger partial charge in [0, 0.05) is 51.0 Å². The average Bonchev–Trinajstić information content (AvgIpc) is 2.77. The minimum Gasteiger partial charge on any atom is -0.314 e. The predicted octanol–water partition coefficient (Wildman–Crippen LogP) is 2.44. The number of aryl methyl sites for hydroxylation is 2. The van der Waals surface area contributed by atoms with Crippen LogP contribution in [0, 0.1) is 12.7 Å². The van der Waals surface area contributed by atoms with Crippen molar-refractivity contribution in [1.29, 1.82) is 0 Å². The van der Waals surface area contributed by atoms with Gasteiger partial charge in [-0.3, -0.25) is 9.58 Å². The first-order valence-corrected chi connectivity index (χ1v) is 7.33. The van der Waals surface area contributed by atoms with Gasteiger partial charge in [-0.2, -0.15) is 5.10 Å². The highest BCUT2D eigenvalue weighted by atomic mass is 35.5.